The summed E-state index contributed by atoms with van der Waals surface area (Å²) in [6.07, 6.45) is -0.132. The zero-order valence-electron chi connectivity index (χ0n) is 17.2. The maximum absolute atomic E-state index is 12.0. The summed E-state index contributed by atoms with van der Waals surface area (Å²) in [5.41, 5.74) is 4.37. The lowest BCUT2D eigenvalue weighted by atomic mass is 10.2. The largest absolute Gasteiger partial charge is 0.462 e. The van der Waals surface area contributed by atoms with Gasteiger partial charge in [-0.25, -0.2) is 0 Å². The third-order valence-electron chi connectivity index (χ3n) is 4.18. The SMILES string of the molecule is Cc1ccc(NCc2nnc(SCC(=O)OC(C)C)n2-c2ccc(C)cc2)cc1. The molecule has 2 aromatic carbocycles. The van der Waals surface area contributed by atoms with E-state index in [2.05, 4.69) is 34.6 Å². The maximum atomic E-state index is 12.0. The Morgan fingerprint density at radius 3 is 2.28 bits per heavy atom. The van der Waals surface area contributed by atoms with Crippen molar-refractivity contribution < 1.29 is 9.53 Å². The molecule has 0 aliphatic heterocycles. The first-order chi connectivity index (χ1) is 13.9. The Hall–Kier alpha value is -2.80. The van der Waals surface area contributed by atoms with Crippen LogP contribution in [0, 0.1) is 13.8 Å². The highest BCUT2D eigenvalue weighted by Gasteiger charge is 2.16. The van der Waals surface area contributed by atoms with Crippen LogP contribution in [-0.2, 0) is 16.1 Å². The summed E-state index contributed by atoms with van der Waals surface area (Å²) in [7, 11) is 0. The summed E-state index contributed by atoms with van der Waals surface area (Å²) in [5, 5.41) is 12.7. The molecule has 0 radical (unpaired) electrons. The second-order valence-electron chi connectivity index (χ2n) is 7.12. The third kappa shape index (κ3) is 5.84. The zero-order chi connectivity index (χ0) is 20.8. The molecule has 3 aromatic rings. The van der Waals surface area contributed by atoms with E-state index in [1.54, 1.807) is 0 Å². The molecular formula is C22H26N4O2S. The first-order valence-corrected chi connectivity index (χ1v) is 10.5. The lowest BCUT2D eigenvalue weighted by molar-refractivity contribution is -0.144. The van der Waals surface area contributed by atoms with Crippen molar-refractivity contribution in [3.8, 4) is 5.69 Å². The van der Waals surface area contributed by atoms with Gasteiger partial charge in [-0.1, -0.05) is 47.2 Å². The molecule has 0 spiro atoms. The summed E-state index contributed by atoms with van der Waals surface area (Å²) in [5.74, 6) is 0.699. The van der Waals surface area contributed by atoms with E-state index in [-0.39, 0.29) is 17.8 Å². The highest BCUT2D eigenvalue weighted by molar-refractivity contribution is 7.99. The minimum absolute atomic E-state index is 0.132. The van der Waals surface area contributed by atoms with Crippen molar-refractivity contribution in [2.24, 2.45) is 0 Å². The summed E-state index contributed by atoms with van der Waals surface area (Å²) in [6.45, 7) is 8.30. The van der Waals surface area contributed by atoms with Gasteiger partial charge in [0, 0.05) is 11.4 Å². The fourth-order valence-corrected chi connectivity index (χ4v) is 3.49. The van der Waals surface area contributed by atoms with Crippen molar-refractivity contribution >= 4 is 23.4 Å². The minimum atomic E-state index is -0.261. The number of benzene rings is 2. The standard InChI is InChI=1S/C22H26N4O2S/c1-15(2)28-21(27)14-29-22-25-24-20(13-23-18-9-5-16(3)6-10-18)26(22)19-11-7-17(4)8-12-19/h5-12,15,23H,13-14H2,1-4H3. The van der Waals surface area contributed by atoms with Crippen LogP contribution in [0.5, 0.6) is 0 Å². The van der Waals surface area contributed by atoms with Crippen molar-refractivity contribution in [1.82, 2.24) is 14.8 Å². The fraction of sp³-hybridized carbons (Fsp3) is 0.318. The molecule has 0 aliphatic carbocycles. The van der Waals surface area contributed by atoms with E-state index in [0.717, 1.165) is 17.2 Å². The molecule has 3 rings (SSSR count). The summed E-state index contributed by atoms with van der Waals surface area (Å²) >= 11 is 1.33. The van der Waals surface area contributed by atoms with Gasteiger partial charge in [-0.05, 0) is 52.0 Å². The Labute approximate surface area is 175 Å². The number of hydrogen-bond donors (Lipinski definition) is 1. The molecule has 0 fully saturated rings. The Kier molecular flexibility index (Phi) is 6.93. The predicted molar refractivity (Wildman–Crippen MR) is 117 cm³/mol. The summed E-state index contributed by atoms with van der Waals surface area (Å²) in [6, 6.07) is 16.4. The smallest absolute Gasteiger partial charge is 0.316 e. The van der Waals surface area contributed by atoms with Crippen molar-refractivity contribution in [3.05, 3.63) is 65.5 Å². The second-order valence-corrected chi connectivity index (χ2v) is 8.06. The van der Waals surface area contributed by atoms with Crippen LogP contribution >= 0.6 is 11.8 Å². The number of hydrogen-bond acceptors (Lipinski definition) is 6. The summed E-state index contributed by atoms with van der Waals surface area (Å²) in [4.78, 5) is 12.0. The number of anilines is 1. The number of thioether (sulfide) groups is 1. The fourth-order valence-electron chi connectivity index (χ4n) is 2.73. The molecule has 7 heteroatoms. The average molecular weight is 411 g/mol. The van der Waals surface area contributed by atoms with Crippen LogP contribution in [0.1, 0.15) is 30.8 Å². The van der Waals surface area contributed by atoms with Crippen LogP contribution in [0.15, 0.2) is 53.7 Å². The monoisotopic (exact) mass is 410 g/mol. The minimum Gasteiger partial charge on any atom is -0.462 e. The topological polar surface area (TPSA) is 69.0 Å². The first-order valence-electron chi connectivity index (χ1n) is 9.56. The molecule has 1 heterocycles. The molecule has 6 nitrogen and oxygen atoms in total. The molecule has 0 amide bonds. The van der Waals surface area contributed by atoms with Gasteiger partial charge in [0.25, 0.3) is 0 Å². The molecule has 1 aromatic heterocycles. The molecule has 152 valence electrons. The number of nitrogens with zero attached hydrogens (tertiary/aromatic N) is 3. The number of aryl methyl sites for hydroxylation is 2. The Morgan fingerprint density at radius 1 is 1.03 bits per heavy atom. The van der Waals surface area contributed by atoms with Crippen LogP contribution < -0.4 is 5.32 Å². The molecule has 0 saturated heterocycles. The van der Waals surface area contributed by atoms with Crippen molar-refractivity contribution in [1.29, 1.82) is 0 Å². The number of ether oxygens (including phenoxy) is 1. The Balaban J connectivity index is 1.81. The van der Waals surface area contributed by atoms with E-state index < -0.39 is 0 Å². The van der Waals surface area contributed by atoms with Gasteiger partial charge in [0.15, 0.2) is 11.0 Å². The van der Waals surface area contributed by atoms with Crippen LogP contribution in [0.4, 0.5) is 5.69 Å². The normalized spacial score (nSPS) is 10.9. The molecule has 0 saturated carbocycles. The lowest BCUT2D eigenvalue weighted by Crippen LogP contribution is -2.14. The number of rotatable bonds is 8. The zero-order valence-corrected chi connectivity index (χ0v) is 18.0. The number of nitrogens with one attached hydrogen (secondary N) is 1. The molecule has 0 aliphatic rings. The number of aromatic nitrogens is 3. The van der Waals surface area contributed by atoms with E-state index in [1.165, 1.54) is 22.9 Å². The van der Waals surface area contributed by atoms with Crippen LogP contribution in [-0.4, -0.2) is 32.6 Å². The van der Waals surface area contributed by atoms with Crippen LogP contribution in [0.3, 0.4) is 0 Å². The van der Waals surface area contributed by atoms with E-state index in [9.17, 15) is 4.79 Å². The van der Waals surface area contributed by atoms with Gasteiger partial charge in [-0.15, -0.1) is 10.2 Å². The maximum Gasteiger partial charge on any atom is 0.316 e. The molecule has 0 atom stereocenters. The van der Waals surface area contributed by atoms with Gasteiger partial charge in [-0.2, -0.15) is 0 Å². The number of esters is 1. The van der Waals surface area contributed by atoms with Crippen molar-refractivity contribution in [2.75, 3.05) is 11.1 Å². The van der Waals surface area contributed by atoms with Gasteiger partial charge in [0.05, 0.1) is 18.4 Å². The Morgan fingerprint density at radius 2 is 1.66 bits per heavy atom. The van der Waals surface area contributed by atoms with Crippen LogP contribution in [0.25, 0.3) is 5.69 Å². The third-order valence-corrected chi connectivity index (χ3v) is 5.08. The highest BCUT2D eigenvalue weighted by atomic mass is 32.2. The predicted octanol–water partition coefficient (Wildman–Crippen LogP) is 4.54. The number of carbonyl (C=O) groups excluding carboxylic acids is 1. The Bertz CT molecular complexity index is 950. The lowest BCUT2D eigenvalue weighted by Gasteiger charge is -2.12. The van der Waals surface area contributed by atoms with E-state index in [4.69, 9.17) is 4.74 Å². The molecular weight excluding hydrogens is 384 g/mol. The molecule has 1 N–H and O–H groups in total. The average Bonchev–Trinajstić information content (AvgIpc) is 3.09. The van der Waals surface area contributed by atoms with E-state index >= 15 is 0 Å². The summed E-state index contributed by atoms with van der Waals surface area (Å²) < 4.78 is 7.21. The second kappa shape index (κ2) is 9.60. The van der Waals surface area contributed by atoms with E-state index in [1.807, 2.05) is 61.7 Å². The quantitative estimate of drug-likeness (QED) is 0.434. The van der Waals surface area contributed by atoms with Gasteiger partial charge in [0.2, 0.25) is 0 Å². The van der Waals surface area contributed by atoms with Gasteiger partial charge < -0.3 is 10.1 Å². The molecule has 0 unspecified atom stereocenters. The van der Waals surface area contributed by atoms with Gasteiger partial charge in [-0.3, -0.25) is 9.36 Å². The van der Waals surface area contributed by atoms with Gasteiger partial charge >= 0.3 is 5.97 Å². The highest BCUT2D eigenvalue weighted by Crippen LogP contribution is 2.23. The van der Waals surface area contributed by atoms with Crippen LogP contribution in [0.2, 0.25) is 0 Å². The first kappa shape index (κ1) is 20.9. The van der Waals surface area contributed by atoms with Crippen molar-refractivity contribution in [2.45, 2.75) is 45.5 Å². The molecule has 29 heavy (non-hydrogen) atoms. The van der Waals surface area contributed by atoms with Gasteiger partial charge in [0.1, 0.15) is 0 Å². The van der Waals surface area contributed by atoms with E-state index in [0.29, 0.717) is 11.7 Å². The number of carbonyl (C=O) groups is 1. The molecule has 0 bridgehead atoms. The van der Waals surface area contributed by atoms with Crippen molar-refractivity contribution in [3.63, 3.8) is 0 Å².